The summed E-state index contributed by atoms with van der Waals surface area (Å²) in [7, 11) is 0. The summed E-state index contributed by atoms with van der Waals surface area (Å²) in [5, 5.41) is 3.35. The largest absolute Gasteiger partial charge is 0.345 e. The van der Waals surface area contributed by atoms with E-state index in [2.05, 4.69) is 20.9 Å². The highest BCUT2D eigenvalue weighted by Crippen LogP contribution is 2.49. The number of hydrogen-bond donors (Lipinski definition) is 1. The number of aromatic nitrogens is 2. The van der Waals surface area contributed by atoms with Gasteiger partial charge in [-0.25, -0.2) is 4.98 Å². The average molecular weight is 407 g/mol. The summed E-state index contributed by atoms with van der Waals surface area (Å²) in [6.45, 7) is 6.44. The van der Waals surface area contributed by atoms with Crippen molar-refractivity contribution in [2.24, 2.45) is 11.3 Å². The molecule has 2 fully saturated rings. The van der Waals surface area contributed by atoms with E-state index in [4.69, 9.17) is 0 Å². The van der Waals surface area contributed by atoms with Crippen LogP contribution in [-0.4, -0.2) is 39.4 Å². The molecule has 2 amide bonds. The van der Waals surface area contributed by atoms with Gasteiger partial charge in [-0.05, 0) is 58.1 Å². The van der Waals surface area contributed by atoms with E-state index in [1.54, 1.807) is 0 Å². The lowest BCUT2D eigenvalue weighted by Crippen LogP contribution is -2.52. The minimum Gasteiger partial charge on any atom is -0.345 e. The maximum Gasteiger partial charge on any atom is 0.253 e. The van der Waals surface area contributed by atoms with Crippen LogP contribution in [0.25, 0.3) is 0 Å². The molecule has 6 nitrogen and oxygen atoms in total. The first kappa shape index (κ1) is 19.3. The fraction of sp³-hybridized carbons (Fsp3) is 0.542. The van der Waals surface area contributed by atoms with Gasteiger partial charge in [-0.3, -0.25) is 9.59 Å². The number of aryl methyl sites for hydroxylation is 3. The number of imidazole rings is 1. The van der Waals surface area contributed by atoms with E-state index in [0.717, 1.165) is 74.3 Å². The standard InChI is InChI=1S/C24H30N4O2/c1-16-13-17(2)15-19(14-16)23(30)28-10-6-24(7-11-28)5-9-27-12-8-25-21(27)20(24)26-22(29)18-3-4-18/h8,12-15,18,20H,3-7,9-11H2,1-2H3,(H,26,29)/t20-/m1/s1. The molecular formula is C24H30N4O2. The Morgan fingerprint density at radius 2 is 1.70 bits per heavy atom. The first-order valence-electron chi connectivity index (χ1n) is 11.1. The van der Waals surface area contributed by atoms with Crippen LogP contribution >= 0.6 is 0 Å². The van der Waals surface area contributed by atoms with Crippen LogP contribution in [0, 0.1) is 25.2 Å². The van der Waals surface area contributed by atoms with E-state index >= 15 is 0 Å². The average Bonchev–Trinajstić information content (AvgIpc) is 3.47. The van der Waals surface area contributed by atoms with Gasteiger partial charge in [0.1, 0.15) is 5.82 Å². The fourth-order valence-corrected chi connectivity index (χ4v) is 5.33. The monoisotopic (exact) mass is 406 g/mol. The van der Waals surface area contributed by atoms with E-state index in [0.29, 0.717) is 0 Å². The predicted molar refractivity (Wildman–Crippen MR) is 114 cm³/mol. The summed E-state index contributed by atoms with van der Waals surface area (Å²) in [4.78, 5) is 32.4. The van der Waals surface area contributed by atoms with Gasteiger partial charge in [0.05, 0.1) is 6.04 Å². The lowest BCUT2D eigenvalue weighted by molar-refractivity contribution is -0.125. The summed E-state index contributed by atoms with van der Waals surface area (Å²) >= 11 is 0. The molecule has 1 aromatic heterocycles. The maximum absolute atomic E-state index is 13.1. The van der Waals surface area contributed by atoms with Crippen LogP contribution in [0.5, 0.6) is 0 Å². The molecule has 3 heterocycles. The normalized spacial score (nSPS) is 22.6. The summed E-state index contributed by atoms with van der Waals surface area (Å²) in [5.41, 5.74) is 2.99. The van der Waals surface area contributed by atoms with Crippen LogP contribution in [0.3, 0.4) is 0 Å². The Balaban J connectivity index is 1.35. The van der Waals surface area contributed by atoms with Crippen molar-refractivity contribution in [1.29, 1.82) is 0 Å². The quantitative estimate of drug-likeness (QED) is 0.850. The molecule has 0 radical (unpaired) electrons. The van der Waals surface area contributed by atoms with Gasteiger partial charge >= 0.3 is 0 Å². The summed E-state index contributed by atoms with van der Waals surface area (Å²) in [6.07, 6.45) is 8.65. The number of benzene rings is 1. The zero-order chi connectivity index (χ0) is 20.9. The zero-order valence-electron chi connectivity index (χ0n) is 17.9. The van der Waals surface area contributed by atoms with Gasteiger partial charge in [-0.15, -0.1) is 0 Å². The lowest BCUT2D eigenvalue weighted by atomic mass is 9.68. The van der Waals surface area contributed by atoms with Gasteiger partial charge in [0.25, 0.3) is 5.91 Å². The van der Waals surface area contributed by atoms with Crippen molar-refractivity contribution in [3.05, 3.63) is 53.1 Å². The number of nitrogens with zero attached hydrogens (tertiary/aromatic N) is 3. The molecule has 2 aliphatic heterocycles. The third-order valence-electron chi connectivity index (χ3n) is 7.22. The van der Waals surface area contributed by atoms with Gasteiger partial charge < -0.3 is 14.8 Å². The summed E-state index contributed by atoms with van der Waals surface area (Å²) < 4.78 is 2.18. The summed E-state index contributed by atoms with van der Waals surface area (Å²) in [6, 6.07) is 6.00. The van der Waals surface area contributed by atoms with Crippen molar-refractivity contribution in [2.45, 2.75) is 58.5 Å². The Bertz CT molecular complexity index is 963. The molecule has 5 rings (SSSR count). The minimum atomic E-state index is -0.0622. The van der Waals surface area contributed by atoms with Crippen molar-refractivity contribution < 1.29 is 9.59 Å². The van der Waals surface area contributed by atoms with Gasteiger partial charge in [0, 0.05) is 48.9 Å². The van der Waals surface area contributed by atoms with Gasteiger partial charge in [-0.1, -0.05) is 17.2 Å². The molecule has 2 aromatic rings. The zero-order valence-corrected chi connectivity index (χ0v) is 17.9. The van der Waals surface area contributed by atoms with Gasteiger partial charge in [0.2, 0.25) is 5.91 Å². The first-order valence-corrected chi connectivity index (χ1v) is 11.1. The number of carbonyl (C=O) groups excluding carboxylic acids is 2. The molecule has 0 unspecified atom stereocenters. The third kappa shape index (κ3) is 3.42. The number of amides is 2. The number of hydrogen-bond acceptors (Lipinski definition) is 3. The number of rotatable bonds is 3. The Kier molecular flexibility index (Phi) is 4.68. The van der Waals surface area contributed by atoms with E-state index < -0.39 is 0 Å². The third-order valence-corrected chi connectivity index (χ3v) is 7.22. The molecule has 6 heteroatoms. The molecule has 1 saturated heterocycles. The van der Waals surface area contributed by atoms with Crippen molar-refractivity contribution >= 4 is 11.8 Å². The van der Waals surface area contributed by atoms with Crippen LogP contribution in [0.2, 0.25) is 0 Å². The van der Waals surface area contributed by atoms with Gasteiger partial charge in [0.15, 0.2) is 0 Å². The van der Waals surface area contributed by atoms with Crippen molar-refractivity contribution in [1.82, 2.24) is 19.8 Å². The number of carbonyl (C=O) groups is 2. The molecule has 1 aliphatic carbocycles. The Labute approximate surface area is 177 Å². The Hall–Kier alpha value is -2.63. The highest BCUT2D eigenvalue weighted by atomic mass is 16.2. The van der Waals surface area contributed by atoms with Crippen LogP contribution in [0.4, 0.5) is 0 Å². The van der Waals surface area contributed by atoms with Crippen LogP contribution in [0.1, 0.15) is 65.5 Å². The second-order valence-corrected chi connectivity index (χ2v) is 9.48. The Morgan fingerprint density at radius 3 is 2.37 bits per heavy atom. The molecule has 1 saturated carbocycles. The number of nitrogens with one attached hydrogen (secondary N) is 1. The molecule has 158 valence electrons. The number of likely N-dealkylation sites (tertiary alicyclic amines) is 1. The highest BCUT2D eigenvalue weighted by Gasteiger charge is 2.48. The van der Waals surface area contributed by atoms with E-state index in [9.17, 15) is 9.59 Å². The van der Waals surface area contributed by atoms with Crippen molar-refractivity contribution in [2.75, 3.05) is 13.1 Å². The topological polar surface area (TPSA) is 67.2 Å². The van der Waals surface area contributed by atoms with Crippen molar-refractivity contribution in [3.8, 4) is 0 Å². The first-order chi connectivity index (χ1) is 14.4. The Morgan fingerprint density at radius 1 is 1.03 bits per heavy atom. The molecule has 0 bridgehead atoms. The SMILES string of the molecule is Cc1cc(C)cc(C(=O)N2CCC3(CC2)CCn2ccnc2[C@H]3NC(=O)C2CC2)c1. The molecule has 1 atom stereocenters. The molecule has 3 aliphatic rings. The van der Waals surface area contributed by atoms with E-state index in [1.165, 1.54) is 0 Å². The number of piperidine rings is 1. The molecule has 1 spiro atoms. The molecule has 30 heavy (non-hydrogen) atoms. The van der Waals surface area contributed by atoms with Crippen molar-refractivity contribution in [3.63, 3.8) is 0 Å². The minimum absolute atomic E-state index is 0.0226. The number of fused-ring (bicyclic) bond motifs is 1. The smallest absolute Gasteiger partial charge is 0.253 e. The predicted octanol–water partition coefficient (Wildman–Crippen LogP) is 3.39. The second kappa shape index (κ2) is 7.25. The van der Waals surface area contributed by atoms with Crippen LogP contribution in [0.15, 0.2) is 30.6 Å². The molecule has 1 aromatic carbocycles. The van der Waals surface area contributed by atoms with E-state index in [-0.39, 0.29) is 29.2 Å². The van der Waals surface area contributed by atoms with Crippen LogP contribution < -0.4 is 5.32 Å². The fourth-order valence-electron chi connectivity index (χ4n) is 5.33. The van der Waals surface area contributed by atoms with E-state index in [1.807, 2.05) is 43.3 Å². The molecular weight excluding hydrogens is 376 g/mol. The maximum atomic E-state index is 13.1. The second-order valence-electron chi connectivity index (χ2n) is 9.48. The van der Waals surface area contributed by atoms with Crippen LogP contribution in [-0.2, 0) is 11.3 Å². The highest BCUT2D eigenvalue weighted by molar-refractivity contribution is 5.94. The lowest BCUT2D eigenvalue weighted by Gasteiger charge is -2.49. The van der Waals surface area contributed by atoms with Gasteiger partial charge in [-0.2, -0.15) is 0 Å². The molecule has 1 N–H and O–H groups in total. The summed E-state index contributed by atoms with van der Waals surface area (Å²) in [5.74, 6) is 1.44.